The second-order valence-corrected chi connectivity index (χ2v) is 8.80. The lowest BCUT2D eigenvalue weighted by Crippen LogP contribution is -2.46. The van der Waals surface area contributed by atoms with Crippen molar-refractivity contribution in [3.05, 3.63) is 29.3 Å². The highest BCUT2D eigenvalue weighted by Gasteiger charge is 2.26. The van der Waals surface area contributed by atoms with Crippen molar-refractivity contribution in [1.29, 1.82) is 0 Å². The first-order valence-corrected chi connectivity index (χ1v) is 11.0. The van der Waals surface area contributed by atoms with E-state index in [1.165, 1.54) is 0 Å². The quantitative estimate of drug-likeness (QED) is 0.564. The average molecular weight is 380 g/mol. The molecule has 1 saturated carbocycles. The topological polar surface area (TPSA) is 62.7 Å². The fourth-order valence-corrected chi connectivity index (χ4v) is 4.82. The predicted octanol–water partition coefficient (Wildman–Crippen LogP) is 3.14. The summed E-state index contributed by atoms with van der Waals surface area (Å²) in [6, 6.07) is 6.51. The second-order valence-electron chi connectivity index (χ2n) is 6.80. The number of methoxy groups -OCH3 is 1. The third-order valence-corrected chi connectivity index (χ3v) is 6.59. The summed E-state index contributed by atoms with van der Waals surface area (Å²) in [5, 5.41) is 7.20. The molecule has 1 aromatic rings. The van der Waals surface area contributed by atoms with Crippen molar-refractivity contribution in [2.45, 2.75) is 64.3 Å². The minimum absolute atomic E-state index is 0.318. The highest BCUT2D eigenvalue weighted by Crippen LogP contribution is 2.23. The van der Waals surface area contributed by atoms with Gasteiger partial charge in [0.15, 0.2) is 5.96 Å². The molecule has 146 valence electrons. The summed E-state index contributed by atoms with van der Waals surface area (Å²) in [6.07, 6.45) is 4.29. The summed E-state index contributed by atoms with van der Waals surface area (Å²) in [6.45, 7) is 7.58. The van der Waals surface area contributed by atoms with Crippen LogP contribution in [0.2, 0.25) is 0 Å². The zero-order valence-electron chi connectivity index (χ0n) is 16.5. The van der Waals surface area contributed by atoms with E-state index in [1.807, 2.05) is 19.9 Å². The van der Waals surface area contributed by atoms with E-state index in [0.29, 0.717) is 17.8 Å². The molecule has 5 nitrogen and oxygen atoms in total. The summed E-state index contributed by atoms with van der Waals surface area (Å²) in [5.41, 5.74) is 2.28. The van der Waals surface area contributed by atoms with Gasteiger partial charge in [0, 0.05) is 34.4 Å². The van der Waals surface area contributed by atoms with Gasteiger partial charge in [-0.25, -0.2) is 4.99 Å². The molecular formula is C20H33N3O2S. The molecule has 0 amide bonds. The molecule has 3 atom stereocenters. The van der Waals surface area contributed by atoms with E-state index in [1.54, 1.807) is 7.11 Å². The summed E-state index contributed by atoms with van der Waals surface area (Å²) in [4.78, 5) is 4.74. The van der Waals surface area contributed by atoms with Crippen LogP contribution in [0.5, 0.6) is 5.75 Å². The zero-order chi connectivity index (χ0) is 18.9. The van der Waals surface area contributed by atoms with Crippen LogP contribution in [0.3, 0.4) is 0 Å². The van der Waals surface area contributed by atoms with Crippen molar-refractivity contribution in [3.63, 3.8) is 0 Å². The number of hydrogen-bond acceptors (Lipinski definition) is 3. The molecule has 26 heavy (non-hydrogen) atoms. The van der Waals surface area contributed by atoms with Gasteiger partial charge in [-0.3, -0.25) is 4.21 Å². The van der Waals surface area contributed by atoms with E-state index >= 15 is 0 Å². The SMILES string of the molecule is CCNC(=NCc1ccc(OC)c(C)c1)NC1CCCC(S(=O)CC)C1. The van der Waals surface area contributed by atoms with Crippen LogP contribution in [0.25, 0.3) is 0 Å². The molecule has 2 N–H and O–H groups in total. The van der Waals surface area contributed by atoms with Crippen LogP contribution >= 0.6 is 0 Å². The van der Waals surface area contributed by atoms with Crippen molar-refractivity contribution in [2.75, 3.05) is 19.4 Å². The molecule has 0 radical (unpaired) electrons. The normalized spacial score (nSPS) is 21.9. The van der Waals surface area contributed by atoms with Crippen LogP contribution in [-0.4, -0.2) is 40.9 Å². The average Bonchev–Trinajstić information content (AvgIpc) is 2.66. The fraction of sp³-hybridized carbons (Fsp3) is 0.650. The number of ether oxygens (including phenoxy) is 1. The Labute approximate surface area is 160 Å². The highest BCUT2D eigenvalue weighted by molar-refractivity contribution is 7.85. The predicted molar refractivity (Wildman–Crippen MR) is 110 cm³/mol. The Bertz CT molecular complexity index is 633. The number of guanidine groups is 1. The van der Waals surface area contributed by atoms with E-state index in [0.717, 1.165) is 60.8 Å². The Morgan fingerprint density at radius 2 is 2.15 bits per heavy atom. The Morgan fingerprint density at radius 3 is 2.81 bits per heavy atom. The molecular weight excluding hydrogens is 346 g/mol. The second kappa shape index (κ2) is 10.6. The van der Waals surface area contributed by atoms with Crippen molar-refractivity contribution < 1.29 is 8.95 Å². The molecule has 2 rings (SSSR count). The van der Waals surface area contributed by atoms with E-state index < -0.39 is 10.8 Å². The first-order valence-electron chi connectivity index (χ1n) is 9.62. The number of hydrogen-bond donors (Lipinski definition) is 2. The van der Waals surface area contributed by atoms with Gasteiger partial charge in [-0.15, -0.1) is 0 Å². The van der Waals surface area contributed by atoms with Gasteiger partial charge < -0.3 is 15.4 Å². The van der Waals surface area contributed by atoms with E-state index in [9.17, 15) is 4.21 Å². The van der Waals surface area contributed by atoms with Crippen LogP contribution in [0.4, 0.5) is 0 Å². The van der Waals surface area contributed by atoms with Gasteiger partial charge in [-0.05, 0) is 50.3 Å². The third-order valence-electron chi connectivity index (χ3n) is 4.85. The van der Waals surface area contributed by atoms with Gasteiger partial charge in [0.05, 0.1) is 13.7 Å². The van der Waals surface area contributed by atoms with E-state index in [4.69, 9.17) is 9.73 Å². The molecule has 0 saturated heterocycles. The number of aryl methyl sites for hydroxylation is 1. The van der Waals surface area contributed by atoms with Crippen molar-refractivity contribution in [1.82, 2.24) is 10.6 Å². The highest BCUT2D eigenvalue weighted by atomic mass is 32.2. The summed E-state index contributed by atoms with van der Waals surface area (Å²) in [5.74, 6) is 2.50. The molecule has 1 aliphatic rings. The summed E-state index contributed by atoms with van der Waals surface area (Å²) in [7, 11) is 0.987. The summed E-state index contributed by atoms with van der Waals surface area (Å²) >= 11 is 0. The van der Waals surface area contributed by atoms with Gasteiger partial charge in [0.2, 0.25) is 0 Å². The maximum absolute atomic E-state index is 12.1. The molecule has 0 spiro atoms. The number of nitrogens with one attached hydrogen (secondary N) is 2. The van der Waals surface area contributed by atoms with Crippen LogP contribution in [0.15, 0.2) is 23.2 Å². The molecule has 0 aliphatic heterocycles. The monoisotopic (exact) mass is 379 g/mol. The minimum Gasteiger partial charge on any atom is -0.496 e. The van der Waals surface area contributed by atoms with Crippen molar-refractivity contribution >= 4 is 16.8 Å². The van der Waals surface area contributed by atoms with Gasteiger partial charge in [0.1, 0.15) is 5.75 Å². The van der Waals surface area contributed by atoms with Crippen LogP contribution in [-0.2, 0) is 17.3 Å². The maximum Gasteiger partial charge on any atom is 0.191 e. The van der Waals surface area contributed by atoms with E-state index in [2.05, 4.69) is 29.7 Å². The molecule has 6 heteroatoms. The number of rotatable bonds is 7. The number of nitrogens with zero attached hydrogens (tertiary/aromatic N) is 1. The number of benzene rings is 1. The first-order chi connectivity index (χ1) is 12.6. The Morgan fingerprint density at radius 1 is 1.35 bits per heavy atom. The van der Waals surface area contributed by atoms with Crippen LogP contribution in [0.1, 0.15) is 50.7 Å². The molecule has 1 aliphatic carbocycles. The van der Waals surface area contributed by atoms with Gasteiger partial charge in [0.25, 0.3) is 0 Å². The van der Waals surface area contributed by atoms with Gasteiger partial charge in [-0.1, -0.05) is 25.5 Å². The lowest BCUT2D eigenvalue weighted by molar-refractivity contribution is 0.411. The molecule has 0 heterocycles. The van der Waals surface area contributed by atoms with Crippen LogP contribution in [0, 0.1) is 6.92 Å². The van der Waals surface area contributed by atoms with Crippen molar-refractivity contribution in [3.8, 4) is 5.75 Å². The zero-order valence-corrected chi connectivity index (χ0v) is 17.3. The molecule has 0 aromatic heterocycles. The van der Waals surface area contributed by atoms with Gasteiger partial charge >= 0.3 is 0 Å². The lowest BCUT2D eigenvalue weighted by Gasteiger charge is -2.30. The molecule has 0 bridgehead atoms. The Hall–Kier alpha value is -1.56. The van der Waals surface area contributed by atoms with E-state index in [-0.39, 0.29) is 0 Å². The smallest absolute Gasteiger partial charge is 0.191 e. The first kappa shape index (κ1) is 20.7. The largest absolute Gasteiger partial charge is 0.496 e. The fourth-order valence-electron chi connectivity index (χ4n) is 3.47. The Kier molecular flexibility index (Phi) is 8.42. The molecule has 1 aromatic carbocycles. The molecule has 1 fully saturated rings. The third kappa shape index (κ3) is 6.01. The van der Waals surface area contributed by atoms with Crippen LogP contribution < -0.4 is 15.4 Å². The Balaban J connectivity index is 2.00. The lowest BCUT2D eigenvalue weighted by atomic mass is 9.95. The van der Waals surface area contributed by atoms with Gasteiger partial charge in [-0.2, -0.15) is 0 Å². The van der Waals surface area contributed by atoms with Crippen molar-refractivity contribution in [2.24, 2.45) is 4.99 Å². The summed E-state index contributed by atoms with van der Waals surface area (Å²) < 4.78 is 17.5. The molecule has 3 unspecified atom stereocenters. The number of aliphatic imine (C=N–C) groups is 1. The standard InChI is InChI=1S/C20H33N3O2S/c1-5-21-20(22-14-16-10-11-19(25-4)15(3)12-16)23-17-8-7-9-18(13-17)26(24)6-2/h10-12,17-18H,5-9,13-14H2,1-4H3,(H2,21,22,23). The minimum atomic E-state index is -0.704. The maximum atomic E-state index is 12.1.